The van der Waals surface area contributed by atoms with Gasteiger partial charge in [-0.05, 0) is 6.42 Å². The van der Waals surface area contributed by atoms with Crippen LogP contribution in [0.25, 0.3) is 0 Å². The zero-order valence-electron chi connectivity index (χ0n) is 9.39. The molecule has 1 heterocycles. The Kier molecular flexibility index (Phi) is 5.08. The highest BCUT2D eigenvalue weighted by atomic mass is 32.2. The average Bonchev–Trinajstić information content (AvgIpc) is 2.27. The monoisotopic (exact) mass is 246 g/mol. The number of carboxylic acids is 1. The van der Waals surface area contributed by atoms with Crippen molar-refractivity contribution in [3.8, 4) is 0 Å². The summed E-state index contributed by atoms with van der Waals surface area (Å²) < 4.78 is 0. The summed E-state index contributed by atoms with van der Waals surface area (Å²) >= 11 is 1.69. The van der Waals surface area contributed by atoms with E-state index in [1.165, 1.54) is 0 Å². The molecule has 2 atom stereocenters. The van der Waals surface area contributed by atoms with Crippen molar-refractivity contribution in [1.29, 1.82) is 0 Å². The first kappa shape index (κ1) is 13.3. The minimum absolute atomic E-state index is 0.00910. The van der Waals surface area contributed by atoms with Gasteiger partial charge in [0.05, 0.1) is 18.5 Å². The fraction of sp³-hybridized carbons (Fsp3) is 0.800. The molecule has 16 heavy (non-hydrogen) atoms. The van der Waals surface area contributed by atoms with Crippen molar-refractivity contribution >= 4 is 23.6 Å². The summed E-state index contributed by atoms with van der Waals surface area (Å²) in [7, 11) is 0. The number of nitrogens with two attached hydrogens (primary N) is 1. The third-order valence-electron chi connectivity index (χ3n) is 2.68. The van der Waals surface area contributed by atoms with E-state index in [0.717, 1.165) is 5.75 Å². The molecule has 1 aliphatic heterocycles. The molecule has 1 saturated heterocycles. The van der Waals surface area contributed by atoms with Crippen molar-refractivity contribution in [2.24, 2.45) is 5.73 Å². The van der Waals surface area contributed by atoms with Crippen molar-refractivity contribution in [2.45, 2.75) is 31.8 Å². The van der Waals surface area contributed by atoms with E-state index >= 15 is 0 Å². The fourth-order valence-corrected chi connectivity index (χ4v) is 2.77. The van der Waals surface area contributed by atoms with Crippen LogP contribution in [0.4, 0.5) is 0 Å². The smallest absolute Gasteiger partial charge is 0.305 e. The molecule has 0 aliphatic carbocycles. The number of carboxylic acid groups (broad SMARTS) is 1. The first-order chi connectivity index (χ1) is 7.56. The first-order valence-electron chi connectivity index (χ1n) is 5.41. The lowest BCUT2D eigenvalue weighted by Gasteiger charge is -2.36. The van der Waals surface area contributed by atoms with Crippen LogP contribution in [0.15, 0.2) is 0 Å². The Hall–Kier alpha value is -0.750. The predicted octanol–water partition coefficient (Wildman–Crippen LogP) is 0.142. The lowest BCUT2D eigenvalue weighted by Crippen LogP contribution is -2.52. The molecule has 1 amide bonds. The number of thioether (sulfide) groups is 1. The van der Waals surface area contributed by atoms with Gasteiger partial charge in [0.25, 0.3) is 0 Å². The minimum Gasteiger partial charge on any atom is -0.481 e. The number of carbonyl (C=O) groups is 2. The molecular weight excluding hydrogens is 228 g/mol. The van der Waals surface area contributed by atoms with E-state index in [2.05, 4.69) is 0 Å². The van der Waals surface area contributed by atoms with Gasteiger partial charge in [0.2, 0.25) is 5.91 Å². The molecule has 1 fully saturated rings. The Morgan fingerprint density at radius 2 is 2.31 bits per heavy atom. The maximum atomic E-state index is 11.9. The highest BCUT2D eigenvalue weighted by molar-refractivity contribution is 7.99. The van der Waals surface area contributed by atoms with Crippen LogP contribution in [0.3, 0.4) is 0 Å². The Morgan fingerprint density at radius 3 is 2.88 bits per heavy atom. The third-order valence-corrected chi connectivity index (χ3v) is 3.77. The van der Waals surface area contributed by atoms with Gasteiger partial charge in [0.15, 0.2) is 0 Å². The van der Waals surface area contributed by atoms with Crippen molar-refractivity contribution in [1.82, 2.24) is 4.90 Å². The molecule has 0 aromatic carbocycles. The number of amides is 1. The van der Waals surface area contributed by atoms with E-state index in [0.29, 0.717) is 18.7 Å². The van der Waals surface area contributed by atoms with Crippen LogP contribution < -0.4 is 5.73 Å². The summed E-state index contributed by atoms with van der Waals surface area (Å²) in [4.78, 5) is 24.3. The maximum Gasteiger partial charge on any atom is 0.305 e. The molecule has 1 rings (SSSR count). The van der Waals surface area contributed by atoms with E-state index in [-0.39, 0.29) is 18.4 Å². The fourth-order valence-electron chi connectivity index (χ4n) is 1.70. The van der Waals surface area contributed by atoms with Crippen molar-refractivity contribution < 1.29 is 14.7 Å². The third kappa shape index (κ3) is 3.38. The molecule has 3 N–H and O–H groups in total. The second-order valence-electron chi connectivity index (χ2n) is 3.87. The lowest BCUT2D eigenvalue weighted by atomic mass is 10.1. The number of hydrogen-bond acceptors (Lipinski definition) is 4. The van der Waals surface area contributed by atoms with Gasteiger partial charge in [-0.2, -0.15) is 11.8 Å². The summed E-state index contributed by atoms with van der Waals surface area (Å²) in [6.07, 6.45) is 0.595. The Bertz CT molecular complexity index is 273. The standard InChI is InChI=1S/C10H18N2O3S/c1-2-8(11)10(15)12-3-4-16-6-7(12)5-9(13)14/h7-8H,2-6,11H2,1H3,(H,13,14)/t7?,8-/m0/s1. The van der Waals surface area contributed by atoms with Gasteiger partial charge in [-0.1, -0.05) is 6.92 Å². The van der Waals surface area contributed by atoms with Gasteiger partial charge in [0.1, 0.15) is 0 Å². The molecule has 0 spiro atoms. The van der Waals surface area contributed by atoms with E-state index in [1.54, 1.807) is 16.7 Å². The van der Waals surface area contributed by atoms with Crippen LogP contribution >= 0.6 is 11.8 Å². The molecule has 0 radical (unpaired) electrons. The summed E-state index contributed by atoms with van der Waals surface area (Å²) in [6.45, 7) is 2.46. The zero-order chi connectivity index (χ0) is 12.1. The van der Waals surface area contributed by atoms with Crippen LogP contribution in [0.2, 0.25) is 0 Å². The Morgan fingerprint density at radius 1 is 1.62 bits per heavy atom. The second-order valence-corrected chi connectivity index (χ2v) is 5.02. The largest absolute Gasteiger partial charge is 0.481 e. The summed E-state index contributed by atoms with van der Waals surface area (Å²) in [6, 6.07) is -0.708. The summed E-state index contributed by atoms with van der Waals surface area (Å²) in [5.74, 6) is 0.566. The second kappa shape index (κ2) is 6.10. The highest BCUT2D eigenvalue weighted by Crippen LogP contribution is 2.20. The molecular formula is C10H18N2O3S. The van der Waals surface area contributed by atoms with Gasteiger partial charge < -0.3 is 15.7 Å². The number of carbonyl (C=O) groups excluding carboxylic acids is 1. The molecule has 5 nitrogen and oxygen atoms in total. The normalized spacial score (nSPS) is 22.9. The molecule has 0 aromatic heterocycles. The van der Waals surface area contributed by atoms with Crippen molar-refractivity contribution in [3.63, 3.8) is 0 Å². The molecule has 0 bridgehead atoms. The van der Waals surface area contributed by atoms with E-state index < -0.39 is 12.0 Å². The molecule has 1 unspecified atom stereocenters. The van der Waals surface area contributed by atoms with E-state index in [9.17, 15) is 9.59 Å². The maximum absolute atomic E-state index is 11.9. The van der Waals surface area contributed by atoms with Crippen LogP contribution in [0, 0.1) is 0 Å². The van der Waals surface area contributed by atoms with Crippen LogP contribution in [0.5, 0.6) is 0 Å². The molecule has 92 valence electrons. The average molecular weight is 246 g/mol. The van der Waals surface area contributed by atoms with Gasteiger partial charge in [-0.15, -0.1) is 0 Å². The van der Waals surface area contributed by atoms with Crippen molar-refractivity contribution in [2.75, 3.05) is 18.1 Å². The molecule has 0 saturated carbocycles. The van der Waals surface area contributed by atoms with Gasteiger partial charge in [-0.3, -0.25) is 9.59 Å². The van der Waals surface area contributed by atoms with Crippen LogP contribution in [0.1, 0.15) is 19.8 Å². The SMILES string of the molecule is CC[C@H](N)C(=O)N1CCSCC1CC(=O)O. The summed E-state index contributed by atoms with van der Waals surface area (Å²) in [5.41, 5.74) is 5.69. The van der Waals surface area contributed by atoms with Crippen molar-refractivity contribution in [3.05, 3.63) is 0 Å². The van der Waals surface area contributed by atoms with Gasteiger partial charge in [-0.25, -0.2) is 0 Å². The Balaban J connectivity index is 2.65. The molecule has 6 heteroatoms. The molecule has 0 aromatic rings. The number of aliphatic carboxylic acids is 1. The minimum atomic E-state index is -0.865. The predicted molar refractivity (Wildman–Crippen MR) is 63.3 cm³/mol. The summed E-state index contributed by atoms with van der Waals surface area (Å²) in [5, 5.41) is 8.78. The lowest BCUT2D eigenvalue weighted by molar-refractivity contribution is -0.140. The quantitative estimate of drug-likeness (QED) is 0.737. The van der Waals surface area contributed by atoms with E-state index in [4.69, 9.17) is 10.8 Å². The first-order valence-corrected chi connectivity index (χ1v) is 6.57. The van der Waals surface area contributed by atoms with Crippen LogP contribution in [-0.4, -0.2) is 52.0 Å². The highest BCUT2D eigenvalue weighted by Gasteiger charge is 2.30. The Labute approximate surface area is 99.4 Å². The number of nitrogens with zero attached hydrogens (tertiary/aromatic N) is 1. The van der Waals surface area contributed by atoms with Crippen LogP contribution in [-0.2, 0) is 9.59 Å². The van der Waals surface area contributed by atoms with Gasteiger partial charge >= 0.3 is 5.97 Å². The molecule has 1 aliphatic rings. The number of hydrogen-bond donors (Lipinski definition) is 2. The topological polar surface area (TPSA) is 83.6 Å². The number of rotatable bonds is 4. The van der Waals surface area contributed by atoms with E-state index in [1.807, 2.05) is 6.92 Å². The van der Waals surface area contributed by atoms with Gasteiger partial charge in [0, 0.05) is 18.1 Å². The zero-order valence-corrected chi connectivity index (χ0v) is 10.2.